The van der Waals surface area contributed by atoms with Gasteiger partial charge in [0.2, 0.25) is 0 Å². The Morgan fingerprint density at radius 2 is 1.88 bits per heavy atom. The van der Waals surface area contributed by atoms with Crippen molar-refractivity contribution < 1.29 is 0 Å². The molecule has 1 fully saturated rings. The van der Waals surface area contributed by atoms with E-state index in [4.69, 9.17) is 10.1 Å². The third kappa shape index (κ3) is 4.38. The van der Waals surface area contributed by atoms with Crippen LogP contribution in [-0.4, -0.2) is 48.8 Å². The quantitative estimate of drug-likeness (QED) is 0.430. The molecular formula is C28H30N6. The number of aromatic nitrogens is 5. The van der Waals surface area contributed by atoms with Gasteiger partial charge in [0.15, 0.2) is 0 Å². The molecule has 34 heavy (non-hydrogen) atoms. The van der Waals surface area contributed by atoms with Gasteiger partial charge in [-0.3, -0.25) is 14.6 Å². The van der Waals surface area contributed by atoms with E-state index in [1.807, 2.05) is 35.3 Å². The van der Waals surface area contributed by atoms with Crippen molar-refractivity contribution in [1.82, 2.24) is 29.6 Å². The van der Waals surface area contributed by atoms with Gasteiger partial charge in [-0.25, -0.2) is 9.97 Å². The Kier molecular flexibility index (Phi) is 5.67. The Labute approximate surface area is 200 Å². The summed E-state index contributed by atoms with van der Waals surface area (Å²) in [4.78, 5) is 16.5. The molecule has 0 N–H and O–H groups in total. The zero-order valence-corrected chi connectivity index (χ0v) is 19.7. The van der Waals surface area contributed by atoms with Gasteiger partial charge in [0, 0.05) is 68.0 Å². The van der Waals surface area contributed by atoms with Gasteiger partial charge in [-0.2, -0.15) is 5.10 Å². The van der Waals surface area contributed by atoms with E-state index in [0.717, 1.165) is 60.2 Å². The van der Waals surface area contributed by atoms with Crippen molar-refractivity contribution in [1.29, 1.82) is 0 Å². The largest absolute Gasteiger partial charge is 0.300 e. The van der Waals surface area contributed by atoms with Crippen LogP contribution in [0.15, 0.2) is 61.2 Å². The first-order chi connectivity index (χ1) is 16.8. The fourth-order valence-corrected chi connectivity index (χ4v) is 5.01. The molecule has 0 spiro atoms. The van der Waals surface area contributed by atoms with Gasteiger partial charge in [0.05, 0.1) is 5.69 Å². The summed E-state index contributed by atoms with van der Waals surface area (Å²) in [5.74, 6) is 0.840. The normalized spacial score (nSPS) is 16.3. The second-order valence-corrected chi connectivity index (χ2v) is 9.39. The number of aryl methyl sites for hydroxylation is 1. The molecular weight excluding hydrogens is 420 g/mol. The fraction of sp³-hybridized carbons (Fsp3) is 0.357. The van der Waals surface area contributed by atoms with Gasteiger partial charge in [0.25, 0.3) is 0 Å². The minimum atomic E-state index is 0.734. The number of hydrogen-bond acceptors (Lipinski definition) is 5. The second-order valence-electron chi connectivity index (χ2n) is 9.39. The molecule has 1 aromatic carbocycles. The molecule has 0 unspecified atom stereocenters. The van der Waals surface area contributed by atoms with Gasteiger partial charge in [-0.15, -0.1) is 0 Å². The van der Waals surface area contributed by atoms with Crippen molar-refractivity contribution in [2.45, 2.75) is 51.6 Å². The van der Waals surface area contributed by atoms with Crippen LogP contribution in [0.25, 0.3) is 22.5 Å². The van der Waals surface area contributed by atoms with E-state index in [2.05, 4.69) is 46.2 Å². The zero-order valence-electron chi connectivity index (χ0n) is 19.7. The first kappa shape index (κ1) is 21.2. The highest BCUT2D eigenvalue weighted by molar-refractivity contribution is 5.78. The fourth-order valence-electron chi connectivity index (χ4n) is 5.01. The SMILES string of the molecule is CCn1cc(-c2ccnc(Cc3ccc4c(c3)CCN(C3CC3)CC4)n2)c(-c2cccnc2)n1. The van der Waals surface area contributed by atoms with Crippen LogP contribution < -0.4 is 0 Å². The summed E-state index contributed by atoms with van der Waals surface area (Å²) in [6, 6.07) is 13.8. The van der Waals surface area contributed by atoms with E-state index in [1.165, 1.54) is 42.6 Å². The third-order valence-electron chi connectivity index (χ3n) is 7.03. The van der Waals surface area contributed by atoms with E-state index in [-0.39, 0.29) is 0 Å². The first-order valence-electron chi connectivity index (χ1n) is 12.4. The highest BCUT2D eigenvalue weighted by Gasteiger charge is 2.29. The Balaban J connectivity index is 1.26. The van der Waals surface area contributed by atoms with Crippen LogP contribution in [-0.2, 0) is 25.8 Å². The van der Waals surface area contributed by atoms with Crippen LogP contribution >= 0.6 is 0 Å². The first-order valence-corrected chi connectivity index (χ1v) is 12.4. The molecule has 1 aliphatic carbocycles. The lowest BCUT2D eigenvalue weighted by Crippen LogP contribution is -2.28. The molecule has 4 heterocycles. The van der Waals surface area contributed by atoms with Crippen molar-refractivity contribution in [2.24, 2.45) is 0 Å². The number of hydrogen-bond donors (Lipinski definition) is 0. The molecule has 6 rings (SSSR count). The van der Waals surface area contributed by atoms with Crippen molar-refractivity contribution in [3.8, 4) is 22.5 Å². The van der Waals surface area contributed by atoms with E-state index < -0.39 is 0 Å². The Bertz CT molecular complexity index is 1290. The van der Waals surface area contributed by atoms with Gasteiger partial charge in [0.1, 0.15) is 11.5 Å². The minimum Gasteiger partial charge on any atom is -0.300 e. The molecule has 0 atom stereocenters. The molecule has 4 aromatic rings. The maximum atomic E-state index is 4.95. The second kappa shape index (κ2) is 9.11. The molecule has 6 nitrogen and oxygen atoms in total. The van der Waals surface area contributed by atoms with Crippen molar-refractivity contribution in [2.75, 3.05) is 13.1 Å². The van der Waals surface area contributed by atoms with Crippen LogP contribution in [0.5, 0.6) is 0 Å². The summed E-state index contributed by atoms with van der Waals surface area (Å²) in [5.41, 5.74) is 8.11. The van der Waals surface area contributed by atoms with Gasteiger partial charge >= 0.3 is 0 Å². The van der Waals surface area contributed by atoms with E-state index in [9.17, 15) is 0 Å². The lowest BCUT2D eigenvalue weighted by molar-refractivity contribution is 0.277. The molecule has 0 amide bonds. The highest BCUT2D eigenvalue weighted by atomic mass is 15.3. The predicted octanol–water partition coefficient (Wildman–Crippen LogP) is 4.58. The summed E-state index contributed by atoms with van der Waals surface area (Å²) in [6.07, 6.45) is 13.4. The summed E-state index contributed by atoms with van der Waals surface area (Å²) in [5, 5.41) is 4.78. The molecule has 3 aromatic heterocycles. The topological polar surface area (TPSA) is 59.7 Å². The van der Waals surface area contributed by atoms with Crippen LogP contribution in [0.2, 0.25) is 0 Å². The zero-order chi connectivity index (χ0) is 22.9. The van der Waals surface area contributed by atoms with Crippen LogP contribution in [0, 0.1) is 0 Å². The molecule has 2 aliphatic rings. The standard InChI is InChI=1S/C28H30N6/c1-2-34-19-25(28(32-34)23-4-3-12-29-18-23)26-9-13-30-27(31-26)17-20-5-6-21-10-14-33(24-7-8-24)15-11-22(21)16-20/h3-6,9,12-13,16,18-19,24H,2,7-8,10-11,14-15,17H2,1H3. The van der Waals surface area contributed by atoms with Crippen LogP contribution in [0.4, 0.5) is 0 Å². The molecule has 0 radical (unpaired) electrons. The number of pyridine rings is 1. The monoisotopic (exact) mass is 450 g/mol. The highest BCUT2D eigenvalue weighted by Crippen LogP contribution is 2.31. The Hall–Kier alpha value is -3.38. The average molecular weight is 451 g/mol. The number of rotatable bonds is 6. The molecule has 172 valence electrons. The van der Waals surface area contributed by atoms with Crippen LogP contribution in [0.1, 0.15) is 42.3 Å². The van der Waals surface area contributed by atoms with Crippen molar-refractivity contribution in [3.63, 3.8) is 0 Å². The Morgan fingerprint density at radius 3 is 2.68 bits per heavy atom. The molecule has 1 saturated carbocycles. The van der Waals surface area contributed by atoms with Crippen molar-refractivity contribution in [3.05, 3.63) is 83.7 Å². The average Bonchev–Trinajstić information content (AvgIpc) is 3.66. The lowest BCUT2D eigenvalue weighted by Gasteiger charge is -2.18. The van der Waals surface area contributed by atoms with Gasteiger partial charge < -0.3 is 0 Å². The molecule has 0 saturated heterocycles. The summed E-state index contributed by atoms with van der Waals surface area (Å²) in [6.45, 7) is 5.29. The maximum absolute atomic E-state index is 4.95. The molecule has 6 heteroatoms. The Morgan fingerprint density at radius 1 is 1.00 bits per heavy atom. The number of fused-ring (bicyclic) bond motifs is 1. The predicted molar refractivity (Wildman–Crippen MR) is 133 cm³/mol. The maximum Gasteiger partial charge on any atom is 0.133 e. The lowest BCUT2D eigenvalue weighted by atomic mass is 9.98. The van der Waals surface area contributed by atoms with E-state index in [1.54, 1.807) is 6.20 Å². The smallest absolute Gasteiger partial charge is 0.133 e. The van der Waals surface area contributed by atoms with E-state index >= 15 is 0 Å². The van der Waals surface area contributed by atoms with Gasteiger partial charge in [-0.1, -0.05) is 18.2 Å². The molecule has 0 bridgehead atoms. The van der Waals surface area contributed by atoms with E-state index in [0.29, 0.717) is 0 Å². The molecule has 1 aliphatic heterocycles. The minimum absolute atomic E-state index is 0.734. The van der Waals surface area contributed by atoms with Gasteiger partial charge in [-0.05, 0) is 67.5 Å². The third-order valence-corrected chi connectivity index (χ3v) is 7.03. The summed E-state index contributed by atoms with van der Waals surface area (Å²) >= 11 is 0. The summed E-state index contributed by atoms with van der Waals surface area (Å²) < 4.78 is 1.96. The van der Waals surface area contributed by atoms with Crippen LogP contribution in [0.3, 0.4) is 0 Å². The number of benzene rings is 1. The number of nitrogens with zero attached hydrogens (tertiary/aromatic N) is 6. The summed E-state index contributed by atoms with van der Waals surface area (Å²) in [7, 11) is 0. The van der Waals surface area contributed by atoms with Crippen molar-refractivity contribution >= 4 is 0 Å².